The van der Waals surface area contributed by atoms with Gasteiger partial charge in [0.05, 0.1) is 0 Å². The zero-order valence-electron chi connectivity index (χ0n) is 8.08. The molecule has 0 atom stereocenters. The van der Waals surface area contributed by atoms with Gasteiger partial charge in [0, 0.05) is 6.20 Å². The van der Waals surface area contributed by atoms with Gasteiger partial charge in [-0.05, 0) is 6.07 Å². The number of sulfonamides is 1. The van der Waals surface area contributed by atoms with Crippen molar-refractivity contribution >= 4 is 16.0 Å². The molecule has 10 heteroatoms. The molecule has 0 saturated carbocycles. The Labute approximate surface area is 93.5 Å². The summed E-state index contributed by atoms with van der Waals surface area (Å²) < 4.78 is 59.3. The summed E-state index contributed by atoms with van der Waals surface area (Å²) in [6.45, 7) is -1.72. The highest BCUT2D eigenvalue weighted by Crippen LogP contribution is 2.15. The Kier molecular flexibility index (Phi) is 3.48. The number of aromatic nitrogens is 1. The van der Waals surface area contributed by atoms with E-state index in [1.54, 1.807) is 0 Å². The van der Waals surface area contributed by atoms with Gasteiger partial charge in [0.1, 0.15) is 17.1 Å². The molecule has 0 bridgehead atoms. The van der Waals surface area contributed by atoms with Gasteiger partial charge in [0.25, 0.3) is 0 Å². The number of carboxylic acids is 1. The molecule has 0 aromatic carbocycles. The summed E-state index contributed by atoms with van der Waals surface area (Å²) >= 11 is 0. The van der Waals surface area contributed by atoms with Crippen LogP contribution in [0, 0.1) is 0 Å². The van der Waals surface area contributed by atoms with E-state index >= 15 is 0 Å². The molecule has 6 nitrogen and oxygen atoms in total. The Morgan fingerprint density at radius 3 is 2.47 bits per heavy atom. The van der Waals surface area contributed by atoms with Crippen LogP contribution in [0.3, 0.4) is 0 Å². The number of carboxylic acid groups (broad SMARTS) is 1. The Bertz CT molecular complexity index is 519. The molecule has 0 saturated heterocycles. The quantitative estimate of drug-likeness (QED) is 0.745. The fourth-order valence-electron chi connectivity index (χ4n) is 0.913. The van der Waals surface area contributed by atoms with Gasteiger partial charge in [-0.2, -0.15) is 13.2 Å². The highest BCUT2D eigenvalue weighted by Gasteiger charge is 2.30. The minimum absolute atomic E-state index is 0.433. The molecular formula is C7H7F3N2O4S. The lowest BCUT2D eigenvalue weighted by Gasteiger charge is -2.07. The standard InChI is InChI=1S/C7H7F3N2O4S/c8-7(9,10)3-12-17(15,16)4-1-5(6(13)14)11-2-4/h1-2,11-12H,3H2,(H,13,14). The van der Waals surface area contributed by atoms with Gasteiger partial charge in [-0.15, -0.1) is 0 Å². The maximum absolute atomic E-state index is 11.8. The van der Waals surface area contributed by atoms with E-state index in [2.05, 4.69) is 4.98 Å². The van der Waals surface area contributed by atoms with Crippen molar-refractivity contribution < 1.29 is 31.5 Å². The summed E-state index contributed by atoms with van der Waals surface area (Å²) in [5.41, 5.74) is -0.433. The average Bonchev–Trinajstić information content (AvgIpc) is 2.63. The lowest BCUT2D eigenvalue weighted by atomic mass is 10.4. The number of carbonyl (C=O) groups is 1. The summed E-state index contributed by atoms with van der Waals surface area (Å²) in [5, 5.41) is 8.50. The first-order chi connectivity index (χ1) is 7.62. The summed E-state index contributed by atoms with van der Waals surface area (Å²) in [6, 6.07) is 0.723. The molecule has 0 amide bonds. The third-order valence-corrected chi connectivity index (χ3v) is 3.04. The maximum Gasteiger partial charge on any atom is 0.402 e. The van der Waals surface area contributed by atoms with Gasteiger partial charge < -0.3 is 10.1 Å². The molecule has 0 spiro atoms. The molecule has 3 N–H and O–H groups in total. The second-order valence-corrected chi connectivity index (χ2v) is 4.76. The fourth-order valence-corrected chi connectivity index (χ4v) is 1.92. The average molecular weight is 272 g/mol. The molecule has 17 heavy (non-hydrogen) atoms. The van der Waals surface area contributed by atoms with Crippen molar-refractivity contribution in [1.29, 1.82) is 0 Å². The van der Waals surface area contributed by atoms with Crippen LogP contribution in [0.15, 0.2) is 17.2 Å². The zero-order chi connectivity index (χ0) is 13.3. The van der Waals surface area contributed by atoms with Crippen LogP contribution in [-0.2, 0) is 10.0 Å². The molecule has 0 aliphatic heterocycles. The zero-order valence-corrected chi connectivity index (χ0v) is 8.89. The minimum atomic E-state index is -4.68. The van der Waals surface area contributed by atoms with Crippen molar-refractivity contribution in [2.45, 2.75) is 11.1 Å². The third kappa shape index (κ3) is 3.75. The van der Waals surface area contributed by atoms with Crippen molar-refractivity contribution in [3.05, 3.63) is 18.0 Å². The summed E-state index contributed by atoms with van der Waals surface area (Å²) in [4.78, 5) is 12.0. The first kappa shape index (κ1) is 13.5. The number of aromatic amines is 1. The number of aromatic carboxylic acids is 1. The molecular weight excluding hydrogens is 265 g/mol. The second-order valence-electron chi connectivity index (χ2n) is 2.99. The third-order valence-electron chi connectivity index (χ3n) is 1.66. The minimum Gasteiger partial charge on any atom is -0.477 e. The normalized spacial score (nSPS) is 12.6. The first-order valence-corrected chi connectivity index (χ1v) is 5.58. The topological polar surface area (TPSA) is 99.3 Å². The van der Waals surface area contributed by atoms with Gasteiger partial charge in [0.15, 0.2) is 0 Å². The van der Waals surface area contributed by atoms with Crippen LogP contribution < -0.4 is 4.72 Å². The van der Waals surface area contributed by atoms with Crippen molar-refractivity contribution in [2.24, 2.45) is 0 Å². The molecule has 96 valence electrons. The summed E-state index contributed by atoms with van der Waals surface area (Å²) in [7, 11) is -4.37. The molecule has 0 fully saturated rings. The maximum atomic E-state index is 11.8. The molecule has 0 aliphatic carbocycles. The first-order valence-electron chi connectivity index (χ1n) is 4.10. The van der Waals surface area contributed by atoms with Crippen LogP contribution in [-0.4, -0.2) is 37.2 Å². The summed E-state index contributed by atoms with van der Waals surface area (Å²) in [5.74, 6) is -1.41. The highest BCUT2D eigenvalue weighted by atomic mass is 32.2. The van der Waals surface area contributed by atoms with Gasteiger partial charge in [-0.1, -0.05) is 0 Å². The molecule has 1 rings (SSSR count). The molecule has 1 aromatic heterocycles. The van der Waals surface area contributed by atoms with Crippen molar-refractivity contribution in [2.75, 3.05) is 6.54 Å². The van der Waals surface area contributed by atoms with Crippen LogP contribution in [0.2, 0.25) is 0 Å². The predicted octanol–water partition coefficient (Wildman–Crippen LogP) is 0.553. The number of nitrogens with one attached hydrogen (secondary N) is 2. The van der Waals surface area contributed by atoms with E-state index in [1.165, 1.54) is 4.72 Å². The number of halogens is 3. The molecule has 0 radical (unpaired) electrons. The molecule has 0 unspecified atom stereocenters. The predicted molar refractivity (Wildman–Crippen MR) is 49.0 cm³/mol. The van der Waals surface area contributed by atoms with E-state index < -0.39 is 39.3 Å². The van der Waals surface area contributed by atoms with Gasteiger partial charge in [0.2, 0.25) is 10.0 Å². The Balaban J connectivity index is 2.86. The van der Waals surface area contributed by atoms with E-state index in [9.17, 15) is 26.4 Å². The Hall–Kier alpha value is -1.55. The van der Waals surface area contributed by atoms with Crippen LogP contribution in [0.25, 0.3) is 0 Å². The van der Waals surface area contributed by atoms with E-state index in [0.717, 1.165) is 12.3 Å². The van der Waals surface area contributed by atoms with Crippen LogP contribution in [0.5, 0.6) is 0 Å². The number of hydrogen-bond donors (Lipinski definition) is 3. The van der Waals surface area contributed by atoms with Crippen molar-refractivity contribution in [3.63, 3.8) is 0 Å². The van der Waals surface area contributed by atoms with E-state index in [-0.39, 0.29) is 0 Å². The number of rotatable bonds is 4. The van der Waals surface area contributed by atoms with E-state index in [1.807, 2.05) is 0 Å². The fraction of sp³-hybridized carbons (Fsp3) is 0.286. The molecule has 0 aliphatic rings. The van der Waals surface area contributed by atoms with Gasteiger partial charge in [-0.3, -0.25) is 0 Å². The smallest absolute Gasteiger partial charge is 0.402 e. The lowest BCUT2D eigenvalue weighted by Crippen LogP contribution is -2.33. The van der Waals surface area contributed by atoms with E-state index in [4.69, 9.17) is 5.11 Å². The van der Waals surface area contributed by atoms with Crippen molar-refractivity contribution in [1.82, 2.24) is 9.71 Å². The number of alkyl halides is 3. The monoisotopic (exact) mass is 272 g/mol. The highest BCUT2D eigenvalue weighted by molar-refractivity contribution is 7.89. The van der Waals surface area contributed by atoms with Crippen molar-refractivity contribution in [3.8, 4) is 0 Å². The van der Waals surface area contributed by atoms with Gasteiger partial charge in [-0.25, -0.2) is 17.9 Å². The lowest BCUT2D eigenvalue weighted by molar-refractivity contribution is -0.121. The van der Waals surface area contributed by atoms with E-state index in [0.29, 0.717) is 0 Å². The molecule has 1 heterocycles. The molecule has 1 aromatic rings. The van der Waals surface area contributed by atoms with Crippen LogP contribution in [0.1, 0.15) is 10.5 Å². The number of H-pyrrole nitrogens is 1. The van der Waals surface area contributed by atoms with Crippen LogP contribution >= 0.6 is 0 Å². The van der Waals surface area contributed by atoms with Gasteiger partial charge >= 0.3 is 12.1 Å². The Morgan fingerprint density at radius 1 is 1.47 bits per heavy atom. The largest absolute Gasteiger partial charge is 0.477 e. The number of hydrogen-bond acceptors (Lipinski definition) is 3. The Morgan fingerprint density at radius 2 is 2.06 bits per heavy atom. The summed E-state index contributed by atoms with van der Waals surface area (Å²) in [6.07, 6.45) is -3.89. The SMILES string of the molecule is O=C(O)c1cc(S(=O)(=O)NCC(F)(F)F)c[nH]1. The second kappa shape index (κ2) is 4.37. The van der Waals surface area contributed by atoms with Crippen LogP contribution in [0.4, 0.5) is 13.2 Å².